The lowest BCUT2D eigenvalue weighted by molar-refractivity contribution is -0.0168. The highest BCUT2D eigenvalue weighted by Crippen LogP contribution is 2.29. The molecule has 1 aromatic heterocycles. The predicted molar refractivity (Wildman–Crippen MR) is 135 cm³/mol. The Morgan fingerprint density at radius 3 is 2.47 bits per heavy atom. The molecule has 9 heteroatoms. The Balaban J connectivity index is 1.22. The minimum Gasteiger partial charge on any atom is -0.492 e. The topological polar surface area (TPSA) is 59.8 Å². The lowest BCUT2D eigenvalue weighted by atomic mass is 9.96. The van der Waals surface area contributed by atoms with Gasteiger partial charge in [-0.05, 0) is 55.6 Å². The second kappa shape index (κ2) is 11.6. The van der Waals surface area contributed by atoms with E-state index in [2.05, 4.69) is 22.1 Å². The number of rotatable bonds is 9. The lowest BCUT2D eigenvalue weighted by Gasteiger charge is -2.27. The van der Waals surface area contributed by atoms with E-state index in [1.54, 1.807) is 35.3 Å². The van der Waals surface area contributed by atoms with Gasteiger partial charge in [-0.2, -0.15) is 5.10 Å². The third kappa shape index (κ3) is 7.27. The maximum Gasteiger partial charge on any atom is 0.121 e. The van der Waals surface area contributed by atoms with Crippen molar-refractivity contribution in [3.63, 3.8) is 0 Å². The standard InChI is InChI=1S/C25H28Cl3N3O3/c26-20-15-29-31(17-20)12-13-33-21-4-2-19(3-5-21)16-30-10-1-8-25(32,9-11-30)18-34-22-6-7-23(27)24(28)14-22/h2-7,14-15,17,32H,1,8-13,16,18H2/t25-/m1/s1. The summed E-state index contributed by atoms with van der Waals surface area (Å²) in [6.07, 6.45) is 5.63. The second-order valence-electron chi connectivity index (χ2n) is 8.63. The fourth-order valence-electron chi connectivity index (χ4n) is 3.99. The summed E-state index contributed by atoms with van der Waals surface area (Å²) in [6.45, 7) is 3.95. The Kier molecular flexibility index (Phi) is 8.61. The number of nitrogens with zero attached hydrogens (tertiary/aromatic N) is 3. The molecule has 2 aromatic carbocycles. The number of likely N-dealkylation sites (tertiary alicyclic amines) is 1. The van der Waals surface area contributed by atoms with Crippen LogP contribution in [0.4, 0.5) is 0 Å². The van der Waals surface area contributed by atoms with Crippen LogP contribution in [0.25, 0.3) is 0 Å². The maximum atomic E-state index is 11.1. The summed E-state index contributed by atoms with van der Waals surface area (Å²) >= 11 is 17.9. The molecule has 0 radical (unpaired) electrons. The highest BCUT2D eigenvalue weighted by Gasteiger charge is 2.31. The minimum atomic E-state index is -0.864. The zero-order valence-electron chi connectivity index (χ0n) is 18.8. The summed E-state index contributed by atoms with van der Waals surface area (Å²) in [6, 6.07) is 13.3. The highest BCUT2D eigenvalue weighted by molar-refractivity contribution is 6.42. The molecule has 0 unspecified atom stereocenters. The third-order valence-corrected chi connectivity index (χ3v) is 6.86. The van der Waals surface area contributed by atoms with Crippen LogP contribution in [0.15, 0.2) is 54.9 Å². The van der Waals surface area contributed by atoms with Crippen molar-refractivity contribution in [3.05, 3.63) is 75.5 Å². The molecule has 0 amide bonds. The Hall–Kier alpha value is -1.96. The van der Waals surface area contributed by atoms with E-state index in [4.69, 9.17) is 44.3 Å². The number of ether oxygens (including phenoxy) is 2. The van der Waals surface area contributed by atoms with Crippen LogP contribution in [-0.4, -0.2) is 51.7 Å². The van der Waals surface area contributed by atoms with Crippen molar-refractivity contribution < 1.29 is 14.6 Å². The van der Waals surface area contributed by atoms with Gasteiger partial charge in [0.25, 0.3) is 0 Å². The predicted octanol–water partition coefficient (Wildman–Crippen LogP) is 5.72. The zero-order valence-corrected chi connectivity index (χ0v) is 21.1. The van der Waals surface area contributed by atoms with Crippen molar-refractivity contribution in [3.8, 4) is 11.5 Å². The van der Waals surface area contributed by atoms with Gasteiger partial charge in [0, 0.05) is 25.4 Å². The van der Waals surface area contributed by atoms with Gasteiger partial charge in [-0.3, -0.25) is 9.58 Å². The molecule has 1 aliphatic rings. The Labute approximate surface area is 214 Å². The van der Waals surface area contributed by atoms with Crippen molar-refractivity contribution in [2.45, 2.75) is 38.0 Å². The van der Waals surface area contributed by atoms with Crippen molar-refractivity contribution in [1.82, 2.24) is 14.7 Å². The number of aromatic nitrogens is 2. The van der Waals surface area contributed by atoms with E-state index in [0.717, 1.165) is 31.8 Å². The van der Waals surface area contributed by atoms with Crippen LogP contribution in [0.1, 0.15) is 24.8 Å². The molecule has 0 aliphatic carbocycles. The molecule has 1 N–H and O–H groups in total. The van der Waals surface area contributed by atoms with Crippen molar-refractivity contribution in [1.29, 1.82) is 0 Å². The van der Waals surface area contributed by atoms with E-state index in [9.17, 15) is 5.11 Å². The third-order valence-electron chi connectivity index (χ3n) is 5.93. The average molecular weight is 525 g/mol. The molecule has 2 heterocycles. The molecule has 1 atom stereocenters. The smallest absolute Gasteiger partial charge is 0.121 e. The number of hydrogen-bond donors (Lipinski definition) is 1. The van der Waals surface area contributed by atoms with Gasteiger partial charge in [-0.1, -0.05) is 46.9 Å². The van der Waals surface area contributed by atoms with Crippen LogP contribution in [0.2, 0.25) is 15.1 Å². The molecule has 3 aromatic rings. The van der Waals surface area contributed by atoms with Gasteiger partial charge in [0.05, 0.1) is 33.4 Å². The number of benzene rings is 2. The average Bonchev–Trinajstić information content (AvgIpc) is 3.15. The van der Waals surface area contributed by atoms with Gasteiger partial charge in [0.15, 0.2) is 0 Å². The molecule has 1 fully saturated rings. The molecule has 4 rings (SSSR count). The Bertz CT molecular complexity index is 1080. The zero-order chi connectivity index (χ0) is 24.0. The molecule has 0 saturated carbocycles. The van der Waals surface area contributed by atoms with Crippen LogP contribution in [0, 0.1) is 0 Å². The van der Waals surface area contributed by atoms with Gasteiger partial charge >= 0.3 is 0 Å². The summed E-state index contributed by atoms with van der Waals surface area (Å²) in [5.74, 6) is 1.44. The monoisotopic (exact) mass is 523 g/mol. The van der Waals surface area contributed by atoms with Gasteiger partial charge in [-0.15, -0.1) is 0 Å². The molecule has 6 nitrogen and oxygen atoms in total. The summed E-state index contributed by atoms with van der Waals surface area (Å²) in [5, 5.41) is 16.8. The number of aliphatic hydroxyl groups is 1. The second-order valence-corrected chi connectivity index (χ2v) is 9.88. The van der Waals surface area contributed by atoms with Crippen LogP contribution in [-0.2, 0) is 13.1 Å². The number of hydrogen-bond acceptors (Lipinski definition) is 5. The molecule has 0 bridgehead atoms. The molecular formula is C25H28Cl3N3O3. The molecule has 182 valence electrons. The Morgan fingerprint density at radius 2 is 1.74 bits per heavy atom. The molecule has 0 spiro atoms. The molecule has 34 heavy (non-hydrogen) atoms. The summed E-state index contributed by atoms with van der Waals surface area (Å²) in [7, 11) is 0. The van der Waals surface area contributed by atoms with Crippen LogP contribution >= 0.6 is 34.8 Å². The van der Waals surface area contributed by atoms with E-state index < -0.39 is 5.60 Å². The summed E-state index contributed by atoms with van der Waals surface area (Å²) in [4.78, 5) is 2.37. The first-order chi connectivity index (χ1) is 16.4. The highest BCUT2D eigenvalue weighted by atomic mass is 35.5. The SMILES string of the molecule is O[C@]1(COc2ccc(Cl)c(Cl)c2)CCCN(Cc2ccc(OCCn3cc(Cl)cn3)cc2)CC1. The quantitative estimate of drug-likeness (QED) is 0.388. The van der Waals surface area contributed by atoms with E-state index in [0.29, 0.717) is 46.8 Å². The van der Waals surface area contributed by atoms with Crippen LogP contribution in [0.3, 0.4) is 0 Å². The molecular weight excluding hydrogens is 497 g/mol. The number of halogens is 3. The van der Waals surface area contributed by atoms with Crippen LogP contribution < -0.4 is 9.47 Å². The fourth-order valence-corrected chi connectivity index (χ4v) is 4.43. The van der Waals surface area contributed by atoms with E-state index in [1.807, 2.05) is 12.1 Å². The maximum absolute atomic E-state index is 11.1. The normalized spacial score (nSPS) is 19.1. The molecule has 1 saturated heterocycles. The van der Waals surface area contributed by atoms with Crippen molar-refractivity contribution in [2.24, 2.45) is 0 Å². The van der Waals surface area contributed by atoms with E-state index >= 15 is 0 Å². The minimum absolute atomic E-state index is 0.232. The lowest BCUT2D eigenvalue weighted by Crippen LogP contribution is -2.37. The molecule has 1 aliphatic heterocycles. The van der Waals surface area contributed by atoms with E-state index in [-0.39, 0.29) is 6.61 Å². The van der Waals surface area contributed by atoms with Gasteiger partial charge in [0.1, 0.15) is 24.7 Å². The largest absolute Gasteiger partial charge is 0.492 e. The fraction of sp³-hybridized carbons (Fsp3) is 0.400. The Morgan fingerprint density at radius 1 is 0.941 bits per heavy atom. The van der Waals surface area contributed by atoms with Crippen LogP contribution in [0.5, 0.6) is 11.5 Å². The van der Waals surface area contributed by atoms with Gasteiger partial charge < -0.3 is 14.6 Å². The van der Waals surface area contributed by atoms with E-state index in [1.165, 1.54) is 5.56 Å². The summed E-state index contributed by atoms with van der Waals surface area (Å²) < 4.78 is 13.4. The first-order valence-corrected chi connectivity index (χ1v) is 12.4. The van der Waals surface area contributed by atoms with Crippen molar-refractivity contribution in [2.75, 3.05) is 26.3 Å². The van der Waals surface area contributed by atoms with Crippen molar-refractivity contribution >= 4 is 34.8 Å². The van der Waals surface area contributed by atoms with Gasteiger partial charge in [0.2, 0.25) is 0 Å². The summed E-state index contributed by atoms with van der Waals surface area (Å²) in [5.41, 5.74) is 0.348. The first-order valence-electron chi connectivity index (χ1n) is 11.3. The first kappa shape index (κ1) is 25.1. The van der Waals surface area contributed by atoms with Gasteiger partial charge in [-0.25, -0.2) is 0 Å².